The Kier molecular flexibility index (Phi) is 8.47. The average molecular weight is 214 g/mol. The molecule has 0 aliphatic rings. The third-order valence-corrected chi connectivity index (χ3v) is 1.48. The van der Waals surface area contributed by atoms with Gasteiger partial charge in [0.15, 0.2) is 0 Å². The molecule has 0 aromatic carbocycles. The SMILES string of the molecule is C=COCCOCCCOC(=O)C(=C)C. The number of rotatable bonds is 9. The van der Waals surface area contributed by atoms with Gasteiger partial charge in [-0.15, -0.1) is 0 Å². The van der Waals surface area contributed by atoms with E-state index in [1.807, 2.05) is 0 Å². The van der Waals surface area contributed by atoms with Gasteiger partial charge in [-0.25, -0.2) is 4.79 Å². The van der Waals surface area contributed by atoms with Crippen LogP contribution in [0.4, 0.5) is 0 Å². The zero-order chi connectivity index (χ0) is 11.5. The minimum Gasteiger partial charge on any atom is -0.499 e. The molecule has 0 rings (SSSR count). The van der Waals surface area contributed by atoms with Crippen molar-refractivity contribution < 1.29 is 19.0 Å². The van der Waals surface area contributed by atoms with Crippen LogP contribution in [0.25, 0.3) is 0 Å². The van der Waals surface area contributed by atoms with Gasteiger partial charge in [0.1, 0.15) is 6.61 Å². The van der Waals surface area contributed by atoms with Crippen molar-refractivity contribution in [3.05, 3.63) is 25.0 Å². The second kappa shape index (κ2) is 9.27. The second-order valence-corrected chi connectivity index (χ2v) is 2.92. The van der Waals surface area contributed by atoms with Crippen LogP contribution >= 0.6 is 0 Å². The van der Waals surface area contributed by atoms with Crippen molar-refractivity contribution in [3.8, 4) is 0 Å². The zero-order valence-electron chi connectivity index (χ0n) is 9.16. The van der Waals surface area contributed by atoms with E-state index >= 15 is 0 Å². The van der Waals surface area contributed by atoms with E-state index in [0.717, 1.165) is 0 Å². The zero-order valence-corrected chi connectivity index (χ0v) is 9.16. The molecule has 0 aromatic heterocycles. The van der Waals surface area contributed by atoms with Crippen molar-refractivity contribution in [3.63, 3.8) is 0 Å². The normalized spacial score (nSPS) is 9.40. The monoisotopic (exact) mass is 214 g/mol. The Labute approximate surface area is 90.5 Å². The maximum atomic E-state index is 10.9. The number of carbonyl (C=O) groups excluding carboxylic acids is 1. The highest BCUT2D eigenvalue weighted by atomic mass is 16.5. The standard InChI is InChI=1S/C11H18O4/c1-4-13-8-9-14-6-5-7-15-11(12)10(2)3/h4H,1-2,5-9H2,3H3. The van der Waals surface area contributed by atoms with Crippen molar-refractivity contribution in [2.45, 2.75) is 13.3 Å². The highest BCUT2D eigenvalue weighted by Crippen LogP contribution is 1.93. The summed E-state index contributed by atoms with van der Waals surface area (Å²) in [6.45, 7) is 10.4. The minimum absolute atomic E-state index is 0.355. The number of esters is 1. The van der Waals surface area contributed by atoms with Crippen molar-refractivity contribution in [1.82, 2.24) is 0 Å². The highest BCUT2D eigenvalue weighted by molar-refractivity contribution is 5.86. The van der Waals surface area contributed by atoms with Crippen LogP contribution < -0.4 is 0 Å². The van der Waals surface area contributed by atoms with E-state index < -0.39 is 0 Å². The molecule has 0 saturated heterocycles. The number of carbonyl (C=O) groups is 1. The van der Waals surface area contributed by atoms with Crippen LogP contribution in [0, 0.1) is 0 Å². The predicted octanol–water partition coefficient (Wildman–Crippen LogP) is 1.67. The molecule has 0 atom stereocenters. The fourth-order valence-corrected chi connectivity index (χ4v) is 0.741. The van der Waals surface area contributed by atoms with Crippen LogP contribution in [0.3, 0.4) is 0 Å². The summed E-state index contributed by atoms with van der Waals surface area (Å²) in [5, 5.41) is 0. The van der Waals surface area contributed by atoms with Crippen LogP contribution in [0.1, 0.15) is 13.3 Å². The minimum atomic E-state index is -0.356. The van der Waals surface area contributed by atoms with E-state index in [0.29, 0.717) is 38.4 Å². The van der Waals surface area contributed by atoms with E-state index in [2.05, 4.69) is 13.2 Å². The van der Waals surface area contributed by atoms with Gasteiger partial charge in [0.2, 0.25) is 0 Å². The first-order valence-corrected chi connectivity index (χ1v) is 4.81. The molecule has 0 heterocycles. The van der Waals surface area contributed by atoms with Gasteiger partial charge in [-0.2, -0.15) is 0 Å². The predicted molar refractivity (Wildman–Crippen MR) is 57.4 cm³/mol. The Morgan fingerprint density at radius 3 is 2.60 bits per heavy atom. The Hall–Kier alpha value is -1.29. The molecule has 0 aliphatic heterocycles. The molecule has 0 bridgehead atoms. The van der Waals surface area contributed by atoms with E-state index in [9.17, 15) is 4.79 Å². The molecular formula is C11H18O4. The third-order valence-electron chi connectivity index (χ3n) is 1.48. The van der Waals surface area contributed by atoms with Crippen molar-refractivity contribution in [2.24, 2.45) is 0 Å². The summed E-state index contributed by atoms with van der Waals surface area (Å²) in [4.78, 5) is 10.9. The topological polar surface area (TPSA) is 44.8 Å². The molecule has 4 nitrogen and oxygen atoms in total. The Bertz CT molecular complexity index is 211. The highest BCUT2D eigenvalue weighted by Gasteiger charge is 2.01. The molecular weight excluding hydrogens is 196 g/mol. The summed E-state index contributed by atoms with van der Waals surface area (Å²) in [5.74, 6) is -0.356. The molecule has 0 amide bonds. The van der Waals surface area contributed by atoms with Gasteiger partial charge >= 0.3 is 5.97 Å². The maximum Gasteiger partial charge on any atom is 0.333 e. The number of ether oxygens (including phenoxy) is 3. The summed E-state index contributed by atoms with van der Waals surface area (Å²) >= 11 is 0. The smallest absolute Gasteiger partial charge is 0.333 e. The van der Waals surface area contributed by atoms with Crippen molar-refractivity contribution in [1.29, 1.82) is 0 Å². The average Bonchev–Trinajstić information content (AvgIpc) is 2.21. The lowest BCUT2D eigenvalue weighted by atomic mass is 10.4. The first-order chi connectivity index (χ1) is 7.18. The van der Waals surface area contributed by atoms with E-state index in [1.165, 1.54) is 6.26 Å². The van der Waals surface area contributed by atoms with Crippen LogP contribution in [0.5, 0.6) is 0 Å². The van der Waals surface area contributed by atoms with Gasteiger partial charge in [0, 0.05) is 18.6 Å². The van der Waals surface area contributed by atoms with Crippen LogP contribution in [-0.4, -0.2) is 32.4 Å². The fraction of sp³-hybridized carbons (Fsp3) is 0.545. The molecule has 0 aromatic rings. The summed E-state index contributed by atoms with van der Waals surface area (Å²) < 4.78 is 14.9. The summed E-state index contributed by atoms with van der Waals surface area (Å²) in [6.07, 6.45) is 2.05. The lowest BCUT2D eigenvalue weighted by molar-refractivity contribution is -0.139. The molecule has 0 radical (unpaired) electrons. The van der Waals surface area contributed by atoms with Gasteiger partial charge in [-0.05, 0) is 6.92 Å². The van der Waals surface area contributed by atoms with Crippen LogP contribution in [0.2, 0.25) is 0 Å². The molecule has 0 N–H and O–H groups in total. The molecule has 0 unspecified atom stereocenters. The molecule has 15 heavy (non-hydrogen) atoms. The second-order valence-electron chi connectivity index (χ2n) is 2.92. The summed E-state index contributed by atoms with van der Waals surface area (Å²) in [5.41, 5.74) is 0.412. The van der Waals surface area contributed by atoms with E-state index in [4.69, 9.17) is 14.2 Å². The van der Waals surface area contributed by atoms with Gasteiger partial charge in [0.05, 0.1) is 19.5 Å². The van der Waals surface area contributed by atoms with E-state index in [-0.39, 0.29) is 5.97 Å². The van der Waals surface area contributed by atoms with Gasteiger partial charge in [-0.1, -0.05) is 13.2 Å². The molecule has 4 heteroatoms. The Morgan fingerprint density at radius 2 is 2.00 bits per heavy atom. The number of hydrogen-bond acceptors (Lipinski definition) is 4. The fourth-order valence-electron chi connectivity index (χ4n) is 0.741. The maximum absolute atomic E-state index is 10.9. The molecule has 86 valence electrons. The Balaban J connectivity index is 3.14. The quantitative estimate of drug-likeness (QED) is 0.253. The van der Waals surface area contributed by atoms with Crippen LogP contribution in [0.15, 0.2) is 25.0 Å². The first kappa shape index (κ1) is 13.7. The summed E-state index contributed by atoms with van der Waals surface area (Å²) in [7, 11) is 0. The van der Waals surface area contributed by atoms with Gasteiger partial charge in [0.25, 0.3) is 0 Å². The largest absolute Gasteiger partial charge is 0.499 e. The lowest BCUT2D eigenvalue weighted by Crippen LogP contribution is -2.09. The van der Waals surface area contributed by atoms with Gasteiger partial charge < -0.3 is 14.2 Å². The van der Waals surface area contributed by atoms with E-state index in [1.54, 1.807) is 6.92 Å². The summed E-state index contributed by atoms with van der Waals surface area (Å²) in [6, 6.07) is 0. The van der Waals surface area contributed by atoms with Crippen molar-refractivity contribution >= 4 is 5.97 Å². The van der Waals surface area contributed by atoms with Crippen LogP contribution in [-0.2, 0) is 19.0 Å². The van der Waals surface area contributed by atoms with Gasteiger partial charge in [-0.3, -0.25) is 0 Å². The molecule has 0 aliphatic carbocycles. The van der Waals surface area contributed by atoms with Crippen molar-refractivity contribution in [2.75, 3.05) is 26.4 Å². The Morgan fingerprint density at radius 1 is 1.27 bits per heavy atom. The number of hydrogen-bond donors (Lipinski definition) is 0. The molecule has 0 fully saturated rings. The third kappa shape index (κ3) is 9.02. The molecule has 0 saturated carbocycles. The molecule has 0 spiro atoms. The lowest BCUT2D eigenvalue weighted by Gasteiger charge is -2.05. The first-order valence-electron chi connectivity index (χ1n) is 4.81.